The number of hydrogen-bond donors (Lipinski definition) is 1. The summed E-state index contributed by atoms with van der Waals surface area (Å²) in [5, 5.41) is 9.09. The summed E-state index contributed by atoms with van der Waals surface area (Å²) in [5.41, 5.74) is 0.167. The average molecular weight is 315 g/mol. The third-order valence-electron chi connectivity index (χ3n) is 2.88. The van der Waals surface area contributed by atoms with E-state index in [-0.39, 0.29) is 11.7 Å². The Kier molecular flexibility index (Phi) is 4.60. The summed E-state index contributed by atoms with van der Waals surface area (Å²) >= 11 is 3.31. The van der Waals surface area contributed by atoms with Crippen molar-refractivity contribution in [2.75, 3.05) is 13.2 Å². The maximum atomic E-state index is 11.1. The standard InChI is InChI=1S/C13H15BrO4/c14-11-6-3-5-10(13(15)16)12(11)18-8-9-4-1-2-7-17-9/h3,5-6,9H,1-2,4,7-8H2,(H,15,16). The molecule has 1 heterocycles. The summed E-state index contributed by atoms with van der Waals surface area (Å²) in [7, 11) is 0. The molecule has 1 unspecified atom stereocenters. The predicted molar refractivity (Wildman–Crippen MR) is 70.2 cm³/mol. The highest BCUT2D eigenvalue weighted by atomic mass is 79.9. The summed E-state index contributed by atoms with van der Waals surface area (Å²) in [6, 6.07) is 4.98. The number of ether oxygens (including phenoxy) is 2. The molecule has 98 valence electrons. The Balaban J connectivity index is 2.05. The van der Waals surface area contributed by atoms with Crippen LogP contribution in [0, 0.1) is 0 Å². The summed E-state index contributed by atoms with van der Waals surface area (Å²) in [4.78, 5) is 11.1. The summed E-state index contributed by atoms with van der Waals surface area (Å²) in [5.74, 6) is -0.616. The molecule has 1 atom stereocenters. The molecule has 0 aliphatic carbocycles. The van der Waals surface area contributed by atoms with Crippen molar-refractivity contribution >= 4 is 21.9 Å². The van der Waals surface area contributed by atoms with E-state index in [4.69, 9.17) is 14.6 Å². The van der Waals surface area contributed by atoms with Gasteiger partial charge in [0.05, 0.1) is 10.6 Å². The maximum Gasteiger partial charge on any atom is 0.339 e. The Morgan fingerprint density at radius 1 is 1.50 bits per heavy atom. The minimum Gasteiger partial charge on any atom is -0.489 e. The van der Waals surface area contributed by atoms with E-state index < -0.39 is 5.97 Å². The second-order valence-corrected chi connectivity index (χ2v) is 5.08. The smallest absolute Gasteiger partial charge is 0.339 e. The zero-order valence-electron chi connectivity index (χ0n) is 9.89. The van der Waals surface area contributed by atoms with E-state index >= 15 is 0 Å². The van der Waals surface area contributed by atoms with Gasteiger partial charge in [-0.1, -0.05) is 6.07 Å². The molecule has 2 rings (SSSR count). The molecule has 1 fully saturated rings. The van der Waals surface area contributed by atoms with E-state index in [0.29, 0.717) is 16.8 Å². The van der Waals surface area contributed by atoms with Gasteiger partial charge in [-0.3, -0.25) is 0 Å². The molecule has 1 aromatic rings. The van der Waals surface area contributed by atoms with Gasteiger partial charge in [-0.2, -0.15) is 0 Å². The van der Waals surface area contributed by atoms with Crippen LogP contribution in [0.25, 0.3) is 0 Å². The zero-order chi connectivity index (χ0) is 13.0. The Hall–Kier alpha value is -1.07. The van der Waals surface area contributed by atoms with Gasteiger partial charge in [0.25, 0.3) is 0 Å². The fourth-order valence-electron chi connectivity index (χ4n) is 1.94. The highest BCUT2D eigenvalue weighted by molar-refractivity contribution is 9.10. The molecule has 0 bridgehead atoms. The van der Waals surface area contributed by atoms with E-state index in [9.17, 15) is 4.79 Å². The Morgan fingerprint density at radius 3 is 3.00 bits per heavy atom. The van der Waals surface area contributed by atoms with Crippen molar-refractivity contribution in [1.29, 1.82) is 0 Å². The first-order chi connectivity index (χ1) is 8.68. The predicted octanol–water partition coefficient (Wildman–Crippen LogP) is 3.10. The SMILES string of the molecule is O=C(O)c1cccc(Br)c1OCC1CCCCO1. The van der Waals surface area contributed by atoms with Gasteiger partial charge in [-0.25, -0.2) is 4.79 Å². The van der Waals surface area contributed by atoms with Crippen LogP contribution in [-0.4, -0.2) is 30.4 Å². The highest BCUT2D eigenvalue weighted by Crippen LogP contribution is 2.29. The number of carbonyl (C=O) groups is 1. The van der Waals surface area contributed by atoms with Gasteiger partial charge < -0.3 is 14.6 Å². The molecular formula is C13H15BrO4. The average Bonchev–Trinajstić information content (AvgIpc) is 2.38. The fourth-order valence-corrected chi connectivity index (χ4v) is 2.42. The van der Waals surface area contributed by atoms with Crippen molar-refractivity contribution in [2.24, 2.45) is 0 Å². The van der Waals surface area contributed by atoms with E-state index in [2.05, 4.69) is 15.9 Å². The lowest BCUT2D eigenvalue weighted by Gasteiger charge is -2.23. The molecule has 1 aromatic carbocycles. The van der Waals surface area contributed by atoms with Crippen molar-refractivity contribution in [3.8, 4) is 5.75 Å². The Labute approximate surface area is 114 Å². The first-order valence-electron chi connectivity index (χ1n) is 5.94. The molecule has 0 amide bonds. The molecule has 1 N–H and O–H groups in total. The molecule has 5 heteroatoms. The van der Waals surface area contributed by atoms with Crippen LogP contribution in [0.1, 0.15) is 29.6 Å². The van der Waals surface area contributed by atoms with Crippen molar-refractivity contribution in [1.82, 2.24) is 0 Å². The normalized spacial score (nSPS) is 19.5. The second-order valence-electron chi connectivity index (χ2n) is 4.22. The third-order valence-corrected chi connectivity index (χ3v) is 3.51. The molecule has 0 aromatic heterocycles. The minimum absolute atomic E-state index is 0.0625. The first-order valence-corrected chi connectivity index (χ1v) is 6.74. The monoisotopic (exact) mass is 314 g/mol. The third kappa shape index (κ3) is 3.23. The van der Waals surface area contributed by atoms with E-state index in [1.165, 1.54) is 6.07 Å². The molecule has 0 saturated carbocycles. The van der Waals surface area contributed by atoms with Gasteiger partial charge in [0.2, 0.25) is 0 Å². The van der Waals surface area contributed by atoms with Gasteiger partial charge in [0.15, 0.2) is 0 Å². The van der Waals surface area contributed by atoms with E-state index in [1.807, 2.05) is 0 Å². The van der Waals surface area contributed by atoms with Gasteiger partial charge in [-0.15, -0.1) is 0 Å². The Morgan fingerprint density at radius 2 is 2.33 bits per heavy atom. The molecular weight excluding hydrogens is 300 g/mol. The molecule has 0 spiro atoms. The number of para-hydroxylation sites is 1. The van der Waals surface area contributed by atoms with Crippen LogP contribution in [0.5, 0.6) is 5.75 Å². The molecule has 1 saturated heterocycles. The zero-order valence-corrected chi connectivity index (χ0v) is 11.5. The lowest BCUT2D eigenvalue weighted by atomic mass is 10.1. The second kappa shape index (κ2) is 6.20. The summed E-state index contributed by atoms with van der Waals surface area (Å²) < 4.78 is 11.8. The number of benzene rings is 1. The fraction of sp³-hybridized carbons (Fsp3) is 0.462. The Bertz CT molecular complexity index is 427. The summed E-state index contributed by atoms with van der Waals surface area (Å²) in [6.45, 7) is 1.15. The van der Waals surface area contributed by atoms with Crippen LogP contribution in [0.2, 0.25) is 0 Å². The number of carboxylic acids is 1. The van der Waals surface area contributed by atoms with Gasteiger partial charge >= 0.3 is 5.97 Å². The number of carboxylic acid groups (broad SMARTS) is 1. The van der Waals surface area contributed by atoms with Crippen LogP contribution in [-0.2, 0) is 4.74 Å². The number of halogens is 1. The largest absolute Gasteiger partial charge is 0.489 e. The van der Waals surface area contributed by atoms with Crippen LogP contribution in [0.15, 0.2) is 22.7 Å². The topological polar surface area (TPSA) is 55.8 Å². The van der Waals surface area contributed by atoms with Crippen molar-refractivity contribution < 1.29 is 19.4 Å². The molecule has 1 aliphatic rings. The number of aromatic carboxylic acids is 1. The first kappa shape index (κ1) is 13.4. The quantitative estimate of drug-likeness (QED) is 0.927. The molecule has 0 radical (unpaired) electrons. The minimum atomic E-state index is -0.990. The van der Waals surface area contributed by atoms with E-state index in [1.54, 1.807) is 12.1 Å². The van der Waals surface area contributed by atoms with E-state index in [0.717, 1.165) is 25.9 Å². The lowest BCUT2D eigenvalue weighted by molar-refractivity contribution is -0.0114. The highest BCUT2D eigenvalue weighted by Gasteiger charge is 2.18. The summed E-state index contributed by atoms with van der Waals surface area (Å²) in [6.07, 6.45) is 3.25. The van der Waals surface area contributed by atoms with Crippen molar-refractivity contribution in [3.05, 3.63) is 28.2 Å². The molecule has 18 heavy (non-hydrogen) atoms. The number of rotatable bonds is 4. The van der Waals surface area contributed by atoms with Crippen molar-refractivity contribution in [2.45, 2.75) is 25.4 Å². The lowest BCUT2D eigenvalue weighted by Crippen LogP contribution is -2.26. The van der Waals surface area contributed by atoms with Gasteiger partial charge in [0, 0.05) is 6.61 Å². The maximum absolute atomic E-state index is 11.1. The molecule has 1 aliphatic heterocycles. The number of hydrogen-bond acceptors (Lipinski definition) is 3. The van der Waals surface area contributed by atoms with Crippen LogP contribution in [0.4, 0.5) is 0 Å². The van der Waals surface area contributed by atoms with Crippen LogP contribution in [0.3, 0.4) is 0 Å². The molecule has 4 nitrogen and oxygen atoms in total. The van der Waals surface area contributed by atoms with Crippen LogP contribution >= 0.6 is 15.9 Å². The van der Waals surface area contributed by atoms with Crippen LogP contribution < -0.4 is 4.74 Å². The van der Waals surface area contributed by atoms with Crippen molar-refractivity contribution in [3.63, 3.8) is 0 Å². The van der Waals surface area contributed by atoms with Gasteiger partial charge in [0.1, 0.15) is 17.9 Å². The van der Waals surface area contributed by atoms with Gasteiger partial charge in [-0.05, 0) is 47.3 Å².